The van der Waals surface area contributed by atoms with Gasteiger partial charge in [0.1, 0.15) is 11.6 Å². The highest BCUT2D eigenvalue weighted by Crippen LogP contribution is 2.35. The van der Waals surface area contributed by atoms with E-state index in [0.29, 0.717) is 22.0 Å². The first-order valence-electron chi connectivity index (χ1n) is 8.82. The maximum absolute atomic E-state index is 12.4. The summed E-state index contributed by atoms with van der Waals surface area (Å²) >= 11 is 1.26. The summed E-state index contributed by atoms with van der Waals surface area (Å²) in [4.78, 5) is 28.1. The normalized spacial score (nSPS) is 14.0. The van der Waals surface area contributed by atoms with E-state index in [1.807, 2.05) is 0 Å². The lowest BCUT2D eigenvalue weighted by atomic mass is 10.0. The molecule has 0 saturated carbocycles. The zero-order valence-corrected chi connectivity index (χ0v) is 17.1. The number of aromatic nitrogens is 1. The van der Waals surface area contributed by atoms with Gasteiger partial charge >= 0.3 is 6.03 Å². The van der Waals surface area contributed by atoms with Crippen LogP contribution < -0.4 is 10.6 Å². The number of fused-ring (bicyclic) bond motifs is 1. The molecule has 2 heterocycles. The lowest BCUT2D eigenvalue weighted by Gasteiger charge is -2.09. The molecular formula is C21H15N3O4S2. The van der Waals surface area contributed by atoms with Gasteiger partial charge in [-0.2, -0.15) is 0 Å². The van der Waals surface area contributed by atoms with Crippen LogP contribution in [-0.2, 0) is 16.4 Å². The summed E-state index contributed by atoms with van der Waals surface area (Å²) in [6.07, 6.45) is 5.25. The molecule has 0 atom stereocenters. The van der Waals surface area contributed by atoms with Gasteiger partial charge in [0.05, 0.1) is 4.90 Å². The fourth-order valence-corrected chi connectivity index (χ4v) is 5.42. The second-order valence-corrected chi connectivity index (χ2v) is 9.34. The molecule has 0 radical (unpaired) electrons. The molecule has 7 nitrogen and oxygen atoms in total. The number of nitrogens with zero attached hydrogens (tertiary/aromatic N) is 1. The highest BCUT2D eigenvalue weighted by Gasteiger charge is 2.35. The molecular weight excluding hydrogens is 422 g/mol. The van der Waals surface area contributed by atoms with E-state index in [9.17, 15) is 18.0 Å². The molecule has 2 amide bonds. The van der Waals surface area contributed by atoms with E-state index in [1.54, 1.807) is 41.8 Å². The molecule has 0 aliphatic carbocycles. The van der Waals surface area contributed by atoms with Gasteiger partial charge in [-0.3, -0.25) is 10.1 Å². The minimum absolute atomic E-state index is 0.0925. The molecule has 30 heavy (non-hydrogen) atoms. The number of hydrogen-bond donors (Lipinski definition) is 2. The zero-order valence-electron chi connectivity index (χ0n) is 15.5. The molecule has 0 fully saturated rings. The van der Waals surface area contributed by atoms with Gasteiger partial charge in [-0.05, 0) is 17.0 Å². The van der Waals surface area contributed by atoms with Crippen LogP contribution in [0.15, 0.2) is 52.7 Å². The highest BCUT2D eigenvalue weighted by molar-refractivity contribution is 7.93. The lowest BCUT2D eigenvalue weighted by Crippen LogP contribution is -2.28. The van der Waals surface area contributed by atoms with E-state index in [2.05, 4.69) is 21.5 Å². The molecule has 1 aliphatic heterocycles. The van der Waals surface area contributed by atoms with Crippen molar-refractivity contribution < 1.29 is 18.0 Å². The summed E-state index contributed by atoms with van der Waals surface area (Å²) in [5.74, 6) is 1.91. The van der Waals surface area contributed by atoms with Gasteiger partial charge < -0.3 is 5.32 Å². The van der Waals surface area contributed by atoms with Crippen molar-refractivity contribution in [2.24, 2.45) is 0 Å². The molecule has 3 aromatic rings. The van der Waals surface area contributed by atoms with E-state index in [4.69, 9.17) is 6.42 Å². The third kappa shape index (κ3) is 3.83. The van der Waals surface area contributed by atoms with Crippen molar-refractivity contribution >= 4 is 38.8 Å². The molecule has 0 bridgehead atoms. The molecule has 2 aromatic carbocycles. The quantitative estimate of drug-likeness (QED) is 0.611. The van der Waals surface area contributed by atoms with Gasteiger partial charge in [0.15, 0.2) is 20.6 Å². The number of carbonyl (C=O) groups excluding carboxylic acids is 2. The number of benzene rings is 2. The number of Topliss-reactive ketones (excluding diaryl/α,β-unsaturated/α-hetero) is 1. The van der Waals surface area contributed by atoms with Crippen molar-refractivity contribution in [3.05, 3.63) is 64.0 Å². The summed E-state index contributed by atoms with van der Waals surface area (Å²) in [7, 11) is -3.63. The predicted molar refractivity (Wildman–Crippen MR) is 114 cm³/mol. The van der Waals surface area contributed by atoms with Crippen LogP contribution in [0, 0.1) is 12.3 Å². The van der Waals surface area contributed by atoms with Crippen LogP contribution in [0.1, 0.15) is 20.9 Å². The fourth-order valence-electron chi connectivity index (χ4n) is 3.18. The van der Waals surface area contributed by atoms with Crippen LogP contribution in [0.5, 0.6) is 0 Å². The van der Waals surface area contributed by atoms with Crippen molar-refractivity contribution in [1.29, 1.82) is 0 Å². The Kier molecular flexibility index (Phi) is 5.11. The maximum atomic E-state index is 12.4. The Bertz CT molecular complexity index is 1300. The molecule has 0 saturated heterocycles. The molecule has 4 rings (SSSR count). The Morgan fingerprint density at radius 2 is 1.90 bits per heavy atom. The second kappa shape index (κ2) is 7.74. The van der Waals surface area contributed by atoms with Crippen molar-refractivity contribution in [1.82, 2.24) is 10.3 Å². The number of amides is 2. The lowest BCUT2D eigenvalue weighted by molar-refractivity contribution is 0.102. The number of anilines is 1. The average Bonchev–Trinajstić information content (AvgIpc) is 3.28. The first-order valence-corrected chi connectivity index (χ1v) is 11.4. The topological polar surface area (TPSA) is 105 Å². The summed E-state index contributed by atoms with van der Waals surface area (Å²) < 4.78 is 24.8. The van der Waals surface area contributed by atoms with Crippen molar-refractivity contribution in [2.45, 2.75) is 11.4 Å². The minimum atomic E-state index is -3.63. The standard InChI is InChI=1S/C21H15N3O4S2/c1-2-19-23-18(11-29-19)24-21(26)22-10-13-6-8-14(9-7-13)15-4-3-5-16-17(25)12-30(27,28)20(15)16/h1,3-9,11H,10,12H2,(H2,22,24,26). The summed E-state index contributed by atoms with van der Waals surface area (Å²) in [6.45, 7) is 0.266. The van der Waals surface area contributed by atoms with Crippen LogP contribution in [0.2, 0.25) is 0 Å². The first kappa shape index (κ1) is 19.8. The zero-order chi connectivity index (χ0) is 21.3. The second-order valence-electron chi connectivity index (χ2n) is 6.55. The van der Waals surface area contributed by atoms with Crippen LogP contribution in [-0.4, -0.2) is 31.0 Å². The van der Waals surface area contributed by atoms with Crippen LogP contribution in [0.3, 0.4) is 0 Å². The van der Waals surface area contributed by atoms with Crippen LogP contribution >= 0.6 is 11.3 Å². The number of ketones is 1. The Morgan fingerprint density at radius 1 is 1.17 bits per heavy atom. The monoisotopic (exact) mass is 437 g/mol. The number of rotatable bonds is 4. The van der Waals surface area contributed by atoms with Gasteiger partial charge in [0.2, 0.25) is 0 Å². The number of thiazole rings is 1. The first-order chi connectivity index (χ1) is 14.4. The van der Waals surface area contributed by atoms with E-state index in [1.165, 1.54) is 17.4 Å². The van der Waals surface area contributed by atoms with Gasteiger partial charge in [-0.1, -0.05) is 42.5 Å². The van der Waals surface area contributed by atoms with Gasteiger partial charge in [-0.15, -0.1) is 17.8 Å². The van der Waals surface area contributed by atoms with Gasteiger partial charge in [0.25, 0.3) is 0 Å². The van der Waals surface area contributed by atoms with E-state index in [-0.39, 0.29) is 22.8 Å². The number of urea groups is 1. The number of terminal acetylenes is 1. The maximum Gasteiger partial charge on any atom is 0.320 e. The number of sulfone groups is 1. The summed E-state index contributed by atoms with van der Waals surface area (Å²) in [5.41, 5.74) is 2.25. The third-order valence-electron chi connectivity index (χ3n) is 4.53. The SMILES string of the molecule is C#Cc1nc(NC(=O)NCc2ccc(-c3cccc4c3S(=O)(=O)CC4=O)cc2)cs1. The smallest absolute Gasteiger partial charge is 0.320 e. The Balaban J connectivity index is 1.46. The number of carbonyl (C=O) groups is 2. The summed E-state index contributed by atoms with van der Waals surface area (Å²) in [5, 5.41) is 7.45. The predicted octanol–water partition coefficient (Wildman–Crippen LogP) is 3.08. The van der Waals surface area contributed by atoms with Crippen molar-refractivity contribution in [3.8, 4) is 23.5 Å². The molecule has 2 N–H and O–H groups in total. The summed E-state index contributed by atoms with van der Waals surface area (Å²) in [6, 6.07) is 11.6. The van der Waals surface area contributed by atoms with E-state index in [0.717, 1.165) is 5.56 Å². The average molecular weight is 438 g/mol. The van der Waals surface area contributed by atoms with Crippen molar-refractivity contribution in [2.75, 3.05) is 11.1 Å². The van der Waals surface area contributed by atoms with Gasteiger partial charge in [-0.25, -0.2) is 18.2 Å². The van der Waals surface area contributed by atoms with Crippen LogP contribution in [0.4, 0.5) is 10.6 Å². The Hall–Kier alpha value is -3.48. The minimum Gasteiger partial charge on any atom is -0.334 e. The molecule has 1 aromatic heterocycles. The molecule has 9 heteroatoms. The third-order valence-corrected chi connectivity index (χ3v) is 7.01. The van der Waals surface area contributed by atoms with Crippen molar-refractivity contribution in [3.63, 3.8) is 0 Å². The number of nitrogens with one attached hydrogen (secondary N) is 2. The molecule has 1 aliphatic rings. The fraction of sp³-hybridized carbons (Fsp3) is 0.0952. The molecule has 0 spiro atoms. The number of hydrogen-bond acceptors (Lipinski definition) is 6. The van der Waals surface area contributed by atoms with E-state index >= 15 is 0 Å². The Labute approximate surface area is 177 Å². The molecule has 0 unspecified atom stereocenters. The largest absolute Gasteiger partial charge is 0.334 e. The molecule has 150 valence electrons. The van der Waals surface area contributed by atoms with Gasteiger partial charge in [0, 0.05) is 23.1 Å². The highest BCUT2D eigenvalue weighted by atomic mass is 32.2. The van der Waals surface area contributed by atoms with Crippen LogP contribution in [0.25, 0.3) is 11.1 Å². The Morgan fingerprint density at radius 3 is 2.60 bits per heavy atom. The van der Waals surface area contributed by atoms with E-state index < -0.39 is 21.6 Å².